The van der Waals surface area contributed by atoms with Gasteiger partial charge in [-0.2, -0.15) is 15.0 Å². The van der Waals surface area contributed by atoms with Gasteiger partial charge in [-0.15, -0.1) is 0 Å². The van der Waals surface area contributed by atoms with E-state index in [9.17, 15) is 0 Å². The Balaban J connectivity index is 1.64. The summed E-state index contributed by atoms with van der Waals surface area (Å²) in [4.78, 5) is 14.0. The van der Waals surface area contributed by atoms with Gasteiger partial charge in [0.1, 0.15) is 0 Å². The van der Waals surface area contributed by atoms with Crippen molar-refractivity contribution in [1.29, 1.82) is 0 Å². The van der Waals surface area contributed by atoms with Crippen LogP contribution in [0.1, 0.15) is 58.4 Å². The number of anilines is 2. The Hall–Kier alpha value is -2.29. The van der Waals surface area contributed by atoms with Gasteiger partial charge in [-0.05, 0) is 29.7 Å². The fourth-order valence-electron chi connectivity index (χ4n) is 4.05. The first-order chi connectivity index (χ1) is 16.5. The van der Waals surface area contributed by atoms with E-state index in [1.807, 2.05) is 0 Å². The molecule has 2 aromatic rings. The number of ether oxygens (including phenoxy) is 2. The minimum Gasteiger partial charge on any atom is -0.378 e. The number of nitrogens with one attached hydrogen (secondary N) is 2. The Morgan fingerprint density at radius 3 is 2.15 bits per heavy atom. The molecule has 0 aliphatic heterocycles. The molecule has 0 atom stereocenters. The largest absolute Gasteiger partial charge is 0.378 e. The van der Waals surface area contributed by atoms with Crippen LogP contribution in [0, 0.1) is 5.92 Å². The zero-order valence-electron chi connectivity index (χ0n) is 21.1. The summed E-state index contributed by atoms with van der Waals surface area (Å²) in [5, 5.41) is 6.75. The Bertz CT molecular complexity index is 847. The SMILES string of the molecule is CC(C)(C)c1ccc(-c2nc(NCCOCCOCCN)nc(NCC3CCCCC3)n2)cc1. The molecule has 8 nitrogen and oxygen atoms in total. The number of nitrogens with zero attached hydrogens (tertiary/aromatic N) is 3. The van der Waals surface area contributed by atoms with Gasteiger partial charge in [-0.3, -0.25) is 0 Å². The number of rotatable bonds is 13. The summed E-state index contributed by atoms with van der Waals surface area (Å²) in [6.45, 7) is 10.9. The first-order valence-electron chi connectivity index (χ1n) is 12.7. The minimum atomic E-state index is 0.104. The average Bonchev–Trinajstić information content (AvgIpc) is 2.84. The molecule has 0 radical (unpaired) electrons. The van der Waals surface area contributed by atoms with Crippen LogP contribution in [-0.2, 0) is 14.9 Å². The smallest absolute Gasteiger partial charge is 0.228 e. The molecule has 1 heterocycles. The second-order valence-corrected chi connectivity index (χ2v) is 9.96. The fraction of sp³-hybridized carbons (Fsp3) is 0.654. The third kappa shape index (κ3) is 8.81. The molecule has 0 spiro atoms. The Morgan fingerprint density at radius 1 is 0.853 bits per heavy atom. The molecule has 34 heavy (non-hydrogen) atoms. The van der Waals surface area contributed by atoms with Crippen LogP contribution in [0.2, 0.25) is 0 Å². The molecule has 8 heteroatoms. The summed E-state index contributed by atoms with van der Waals surface area (Å²) < 4.78 is 10.9. The highest BCUT2D eigenvalue weighted by atomic mass is 16.5. The van der Waals surface area contributed by atoms with E-state index in [2.05, 4.69) is 65.6 Å². The van der Waals surface area contributed by atoms with Gasteiger partial charge in [-0.1, -0.05) is 64.3 Å². The summed E-state index contributed by atoms with van der Waals surface area (Å²) in [6.07, 6.45) is 6.54. The zero-order chi connectivity index (χ0) is 24.2. The van der Waals surface area contributed by atoms with Gasteiger partial charge in [0.25, 0.3) is 0 Å². The molecule has 1 aromatic heterocycles. The van der Waals surface area contributed by atoms with Crippen molar-refractivity contribution in [3.8, 4) is 11.4 Å². The highest BCUT2D eigenvalue weighted by Gasteiger charge is 2.16. The number of nitrogens with two attached hydrogens (primary N) is 1. The van der Waals surface area contributed by atoms with E-state index in [0.29, 0.717) is 63.2 Å². The molecular formula is C26H42N6O2. The van der Waals surface area contributed by atoms with Gasteiger partial charge in [0.05, 0.1) is 26.4 Å². The summed E-state index contributed by atoms with van der Waals surface area (Å²) >= 11 is 0. The second-order valence-electron chi connectivity index (χ2n) is 9.96. The van der Waals surface area contributed by atoms with Crippen LogP contribution in [0.15, 0.2) is 24.3 Å². The van der Waals surface area contributed by atoms with Gasteiger partial charge in [0.2, 0.25) is 11.9 Å². The van der Waals surface area contributed by atoms with Crippen molar-refractivity contribution in [2.75, 3.05) is 56.7 Å². The molecule has 188 valence electrons. The van der Waals surface area contributed by atoms with E-state index in [4.69, 9.17) is 20.2 Å². The molecule has 0 unspecified atom stereocenters. The van der Waals surface area contributed by atoms with Gasteiger partial charge >= 0.3 is 0 Å². The van der Waals surface area contributed by atoms with Crippen LogP contribution >= 0.6 is 0 Å². The van der Waals surface area contributed by atoms with Crippen LogP contribution in [0.5, 0.6) is 0 Å². The van der Waals surface area contributed by atoms with Gasteiger partial charge in [-0.25, -0.2) is 0 Å². The van der Waals surface area contributed by atoms with E-state index in [1.54, 1.807) is 0 Å². The second kappa shape index (κ2) is 13.6. The van der Waals surface area contributed by atoms with Crippen molar-refractivity contribution in [1.82, 2.24) is 15.0 Å². The molecule has 0 bridgehead atoms. The lowest BCUT2D eigenvalue weighted by atomic mass is 9.87. The fourth-order valence-corrected chi connectivity index (χ4v) is 4.05. The minimum absolute atomic E-state index is 0.104. The molecule has 0 amide bonds. The summed E-state index contributed by atoms with van der Waals surface area (Å²) in [5.41, 5.74) is 7.78. The lowest BCUT2D eigenvalue weighted by Crippen LogP contribution is -2.20. The molecule has 1 aliphatic carbocycles. The molecule has 1 saturated carbocycles. The van der Waals surface area contributed by atoms with Gasteiger partial charge in [0, 0.05) is 25.2 Å². The molecule has 1 fully saturated rings. The quantitative estimate of drug-likeness (QED) is 0.373. The van der Waals surface area contributed by atoms with Gasteiger partial charge < -0.3 is 25.8 Å². The maximum Gasteiger partial charge on any atom is 0.228 e. The standard InChI is InChI=1S/C26H42N6O2/c1-26(2,3)22-11-9-21(10-12-22)23-30-24(28-14-16-34-18-17-33-15-13-27)32-25(31-23)29-19-20-7-5-4-6-8-20/h9-12,20H,4-8,13-19,27H2,1-3H3,(H2,28,29,30,31,32). The molecule has 0 saturated heterocycles. The van der Waals surface area contributed by atoms with Crippen LogP contribution in [0.4, 0.5) is 11.9 Å². The molecule has 1 aromatic carbocycles. The van der Waals surface area contributed by atoms with E-state index in [0.717, 1.165) is 12.1 Å². The topological polar surface area (TPSA) is 107 Å². The highest BCUT2D eigenvalue weighted by molar-refractivity contribution is 5.58. The maximum atomic E-state index is 5.60. The Morgan fingerprint density at radius 2 is 1.50 bits per heavy atom. The van der Waals surface area contributed by atoms with Crippen LogP contribution in [0.3, 0.4) is 0 Å². The summed E-state index contributed by atoms with van der Waals surface area (Å²) in [5.74, 6) is 2.53. The number of hydrogen-bond acceptors (Lipinski definition) is 8. The lowest BCUT2D eigenvalue weighted by molar-refractivity contribution is 0.0547. The molecular weight excluding hydrogens is 428 g/mol. The van der Waals surface area contributed by atoms with Crippen molar-refractivity contribution in [2.45, 2.75) is 58.3 Å². The van der Waals surface area contributed by atoms with Crippen molar-refractivity contribution in [2.24, 2.45) is 11.7 Å². The Kier molecular flexibility index (Phi) is 10.5. The number of hydrogen-bond donors (Lipinski definition) is 3. The lowest BCUT2D eigenvalue weighted by Gasteiger charge is -2.22. The number of benzene rings is 1. The van der Waals surface area contributed by atoms with Crippen LogP contribution in [-0.4, -0.2) is 61.0 Å². The summed E-state index contributed by atoms with van der Waals surface area (Å²) in [7, 11) is 0. The maximum absolute atomic E-state index is 5.60. The predicted octanol–water partition coefficient (Wildman–Crippen LogP) is 4.23. The van der Waals surface area contributed by atoms with E-state index < -0.39 is 0 Å². The monoisotopic (exact) mass is 470 g/mol. The van der Waals surface area contributed by atoms with E-state index in [-0.39, 0.29) is 5.41 Å². The molecule has 1 aliphatic rings. The van der Waals surface area contributed by atoms with Crippen molar-refractivity contribution in [3.05, 3.63) is 29.8 Å². The van der Waals surface area contributed by atoms with Crippen molar-refractivity contribution in [3.63, 3.8) is 0 Å². The third-order valence-electron chi connectivity index (χ3n) is 6.08. The highest BCUT2D eigenvalue weighted by Crippen LogP contribution is 2.26. The first kappa shape index (κ1) is 26.3. The van der Waals surface area contributed by atoms with Gasteiger partial charge in [0.15, 0.2) is 5.82 Å². The zero-order valence-corrected chi connectivity index (χ0v) is 21.1. The summed E-state index contributed by atoms with van der Waals surface area (Å²) in [6, 6.07) is 8.49. The molecule has 4 N–H and O–H groups in total. The number of aromatic nitrogens is 3. The van der Waals surface area contributed by atoms with E-state index >= 15 is 0 Å². The third-order valence-corrected chi connectivity index (χ3v) is 6.08. The Labute approximate surface area is 204 Å². The van der Waals surface area contributed by atoms with Crippen LogP contribution in [0.25, 0.3) is 11.4 Å². The van der Waals surface area contributed by atoms with Crippen molar-refractivity contribution >= 4 is 11.9 Å². The average molecular weight is 471 g/mol. The first-order valence-corrected chi connectivity index (χ1v) is 12.7. The van der Waals surface area contributed by atoms with Crippen molar-refractivity contribution < 1.29 is 9.47 Å². The normalized spacial score (nSPS) is 14.8. The molecule has 3 rings (SSSR count). The predicted molar refractivity (Wildman–Crippen MR) is 138 cm³/mol. The van der Waals surface area contributed by atoms with Crippen LogP contribution < -0.4 is 16.4 Å². The van der Waals surface area contributed by atoms with E-state index in [1.165, 1.54) is 37.7 Å².